The van der Waals surface area contributed by atoms with Gasteiger partial charge in [0.1, 0.15) is 12.9 Å². The van der Waals surface area contributed by atoms with Crippen molar-refractivity contribution in [1.29, 1.82) is 0 Å². The van der Waals surface area contributed by atoms with E-state index in [4.69, 9.17) is 23.7 Å². The average Bonchev–Trinajstić information content (AvgIpc) is 3.93. The molecule has 6 aliphatic carbocycles. The van der Waals surface area contributed by atoms with Gasteiger partial charge in [0.05, 0.1) is 43.2 Å². The number of aliphatic hydroxyl groups is 1. The fourth-order valence-electron chi connectivity index (χ4n) is 14.7. The van der Waals surface area contributed by atoms with E-state index in [2.05, 4.69) is 48.5 Å². The highest BCUT2D eigenvalue weighted by molar-refractivity contribution is 5.76. The zero-order valence-corrected chi connectivity index (χ0v) is 30.8. The molecule has 8 nitrogen and oxygen atoms in total. The first-order chi connectivity index (χ1) is 22.7. The van der Waals surface area contributed by atoms with E-state index in [9.17, 15) is 9.90 Å². The molecular weight excluding hydrogens is 606 g/mol. The molecule has 0 radical (unpaired) electrons. The molecular formula is C40H63NO7. The van der Waals surface area contributed by atoms with Gasteiger partial charge in [-0.2, -0.15) is 0 Å². The molecule has 14 unspecified atom stereocenters. The van der Waals surface area contributed by atoms with Gasteiger partial charge in [0.25, 0.3) is 0 Å². The zero-order valence-electron chi connectivity index (χ0n) is 30.8. The lowest BCUT2D eigenvalue weighted by Crippen LogP contribution is -2.60. The predicted octanol–water partition coefficient (Wildman–Crippen LogP) is 6.32. The molecule has 9 rings (SSSR count). The van der Waals surface area contributed by atoms with Crippen molar-refractivity contribution < 1.29 is 33.6 Å². The Balaban J connectivity index is 0.935. The second kappa shape index (κ2) is 10.7. The number of hydrogen-bond acceptors (Lipinski definition) is 7. The van der Waals surface area contributed by atoms with E-state index in [1.54, 1.807) is 0 Å². The van der Waals surface area contributed by atoms with E-state index in [-0.39, 0.29) is 58.5 Å². The maximum absolute atomic E-state index is 12.9. The standard InChI is InChI=1S/C40H63NO7/c1-23-18-25(34-36(4,5)46-22-45-34)47-32-31(23)37(6)14-15-40-21-39(40)13-12-28(35(2,3)26(39)10-11-27(40)38(37,7)33(32)43)48-30-20-41(16-17-44-30)29(42)19-24-8-9-24/h23-28,30-34,43H,8-22H2,1-7H3. The van der Waals surface area contributed by atoms with Gasteiger partial charge < -0.3 is 33.7 Å². The zero-order chi connectivity index (χ0) is 33.6. The van der Waals surface area contributed by atoms with Gasteiger partial charge in [-0.1, -0.05) is 34.6 Å². The van der Waals surface area contributed by atoms with Crippen LogP contribution >= 0.6 is 0 Å². The van der Waals surface area contributed by atoms with Gasteiger partial charge in [-0.25, -0.2) is 0 Å². The second-order valence-electron chi connectivity index (χ2n) is 19.9. The van der Waals surface area contributed by atoms with Crippen LogP contribution in [0, 0.1) is 56.7 Å². The lowest BCUT2D eigenvalue weighted by molar-refractivity contribution is -0.248. The molecule has 3 aliphatic heterocycles. The molecule has 8 heteroatoms. The van der Waals surface area contributed by atoms with Crippen molar-refractivity contribution in [3.8, 4) is 0 Å². The topological polar surface area (TPSA) is 86.7 Å². The van der Waals surface area contributed by atoms with Gasteiger partial charge in [0.15, 0.2) is 6.29 Å². The molecule has 48 heavy (non-hydrogen) atoms. The Morgan fingerprint density at radius 3 is 2.42 bits per heavy atom. The molecule has 2 spiro atoms. The molecule has 14 atom stereocenters. The molecule has 9 aliphatic rings. The largest absolute Gasteiger partial charge is 0.390 e. The van der Waals surface area contributed by atoms with Crippen LogP contribution in [0.25, 0.3) is 0 Å². The smallest absolute Gasteiger partial charge is 0.223 e. The van der Waals surface area contributed by atoms with Crippen LogP contribution in [0.5, 0.6) is 0 Å². The summed E-state index contributed by atoms with van der Waals surface area (Å²) in [5, 5.41) is 12.6. The SMILES string of the molecule is CC1CC(C2OCOC2(C)C)OC2C1C1(C)CCC34CC35CCC(OC3CN(C(=O)CC6CC6)CCO3)C(C)(C)C5CCC4C1(C)C2O. The van der Waals surface area contributed by atoms with Gasteiger partial charge in [0.2, 0.25) is 5.91 Å². The highest BCUT2D eigenvalue weighted by Crippen LogP contribution is 2.89. The fourth-order valence-corrected chi connectivity index (χ4v) is 14.7. The van der Waals surface area contributed by atoms with Crippen molar-refractivity contribution in [2.24, 2.45) is 56.7 Å². The molecule has 0 aromatic rings. The Kier molecular flexibility index (Phi) is 7.34. The maximum Gasteiger partial charge on any atom is 0.223 e. The molecule has 0 aromatic heterocycles. The van der Waals surface area contributed by atoms with Gasteiger partial charge in [-0.3, -0.25) is 4.79 Å². The molecule has 0 aromatic carbocycles. The first-order valence-electron chi connectivity index (χ1n) is 19.8. The van der Waals surface area contributed by atoms with Gasteiger partial charge in [-0.15, -0.1) is 0 Å². The number of amides is 1. The Bertz CT molecular complexity index is 1320. The number of ether oxygens (including phenoxy) is 5. The van der Waals surface area contributed by atoms with Crippen molar-refractivity contribution in [2.45, 2.75) is 162 Å². The quantitative estimate of drug-likeness (QED) is 0.367. The van der Waals surface area contributed by atoms with E-state index in [1.165, 1.54) is 51.4 Å². The van der Waals surface area contributed by atoms with Crippen LogP contribution in [0.15, 0.2) is 0 Å². The van der Waals surface area contributed by atoms with Crippen molar-refractivity contribution >= 4 is 5.91 Å². The monoisotopic (exact) mass is 669 g/mol. The Morgan fingerprint density at radius 2 is 1.69 bits per heavy atom. The fraction of sp³-hybridized carbons (Fsp3) is 0.975. The van der Waals surface area contributed by atoms with Gasteiger partial charge >= 0.3 is 0 Å². The van der Waals surface area contributed by atoms with E-state index in [1.807, 2.05) is 4.90 Å². The first-order valence-corrected chi connectivity index (χ1v) is 19.8. The number of carbonyl (C=O) groups is 1. The summed E-state index contributed by atoms with van der Waals surface area (Å²) in [6.07, 6.45) is 11.5. The average molecular weight is 670 g/mol. The first kappa shape index (κ1) is 33.1. The number of nitrogens with zero attached hydrogens (tertiary/aromatic N) is 1. The number of morpholine rings is 1. The minimum absolute atomic E-state index is 0.0291. The normalized spacial score (nSPS) is 54.8. The van der Waals surface area contributed by atoms with Crippen LogP contribution in [-0.4, -0.2) is 84.8 Å². The van der Waals surface area contributed by atoms with Gasteiger partial charge in [0, 0.05) is 18.4 Å². The van der Waals surface area contributed by atoms with Crippen LogP contribution in [0.2, 0.25) is 0 Å². The highest BCUT2D eigenvalue weighted by Gasteiger charge is 2.84. The summed E-state index contributed by atoms with van der Waals surface area (Å²) < 4.78 is 32.1. The van der Waals surface area contributed by atoms with Crippen molar-refractivity contribution in [3.05, 3.63) is 0 Å². The Hall–Kier alpha value is -0.770. The van der Waals surface area contributed by atoms with Gasteiger partial charge in [-0.05, 0) is 129 Å². The van der Waals surface area contributed by atoms with Crippen LogP contribution in [0.1, 0.15) is 119 Å². The Morgan fingerprint density at radius 1 is 0.938 bits per heavy atom. The van der Waals surface area contributed by atoms with E-state index >= 15 is 0 Å². The molecule has 1 N–H and O–H groups in total. The molecule has 3 saturated heterocycles. The van der Waals surface area contributed by atoms with Crippen molar-refractivity contribution in [1.82, 2.24) is 4.90 Å². The molecule has 3 heterocycles. The molecule has 6 saturated carbocycles. The number of fused-ring (bicyclic) bond motifs is 4. The molecule has 0 bridgehead atoms. The summed E-state index contributed by atoms with van der Waals surface area (Å²) in [6, 6.07) is 0. The van der Waals surface area contributed by atoms with E-state index in [0.29, 0.717) is 73.3 Å². The number of carbonyl (C=O) groups excluding carboxylic acids is 1. The van der Waals surface area contributed by atoms with E-state index in [0.717, 1.165) is 12.8 Å². The lowest BCUT2D eigenvalue weighted by Gasteiger charge is -2.64. The summed E-state index contributed by atoms with van der Waals surface area (Å²) in [4.78, 5) is 14.9. The summed E-state index contributed by atoms with van der Waals surface area (Å²) in [6.45, 7) is 18.7. The number of hydrogen-bond donors (Lipinski definition) is 1. The third kappa shape index (κ3) is 4.31. The summed E-state index contributed by atoms with van der Waals surface area (Å²) in [5.41, 5.74) is 0.168. The maximum atomic E-state index is 12.9. The Labute approximate surface area is 288 Å². The summed E-state index contributed by atoms with van der Waals surface area (Å²) in [5.74, 6) is 2.81. The third-order valence-corrected chi connectivity index (χ3v) is 17.3. The molecule has 270 valence electrons. The highest BCUT2D eigenvalue weighted by atomic mass is 16.7. The van der Waals surface area contributed by atoms with Crippen LogP contribution in [0.4, 0.5) is 0 Å². The molecule has 9 fully saturated rings. The second-order valence-corrected chi connectivity index (χ2v) is 19.9. The van der Waals surface area contributed by atoms with Crippen LogP contribution in [-0.2, 0) is 28.5 Å². The third-order valence-electron chi connectivity index (χ3n) is 17.3. The van der Waals surface area contributed by atoms with Crippen LogP contribution < -0.4 is 0 Å². The van der Waals surface area contributed by atoms with Crippen molar-refractivity contribution in [3.63, 3.8) is 0 Å². The summed E-state index contributed by atoms with van der Waals surface area (Å²) >= 11 is 0. The van der Waals surface area contributed by atoms with E-state index < -0.39 is 6.10 Å². The summed E-state index contributed by atoms with van der Waals surface area (Å²) in [7, 11) is 0. The predicted molar refractivity (Wildman–Crippen MR) is 180 cm³/mol. The lowest BCUT2D eigenvalue weighted by atomic mass is 9.41. The minimum atomic E-state index is -0.471. The molecule has 1 amide bonds. The number of aliphatic hydroxyl groups excluding tert-OH is 1. The number of rotatable bonds is 5. The van der Waals surface area contributed by atoms with Crippen LogP contribution in [0.3, 0.4) is 0 Å². The minimum Gasteiger partial charge on any atom is -0.390 e. The van der Waals surface area contributed by atoms with Crippen molar-refractivity contribution in [2.75, 3.05) is 26.5 Å².